The number of benzene rings is 1. The van der Waals surface area contributed by atoms with E-state index in [4.69, 9.17) is 5.73 Å². The van der Waals surface area contributed by atoms with Gasteiger partial charge in [0.05, 0.1) is 4.90 Å². The maximum Gasteiger partial charge on any atom is 0.243 e. The molecule has 0 radical (unpaired) electrons. The molecule has 130 valence electrons. The summed E-state index contributed by atoms with van der Waals surface area (Å²) in [4.78, 5) is 0.374. The minimum absolute atomic E-state index is 0.0432. The fourth-order valence-corrected chi connectivity index (χ4v) is 4.59. The van der Waals surface area contributed by atoms with E-state index in [1.165, 1.54) is 5.56 Å². The Morgan fingerprint density at radius 3 is 2.30 bits per heavy atom. The number of hydrogen-bond acceptors (Lipinski definition) is 3. The minimum atomic E-state index is -3.45. The van der Waals surface area contributed by atoms with Crippen LogP contribution >= 0.6 is 0 Å². The van der Waals surface area contributed by atoms with Crippen LogP contribution in [0.5, 0.6) is 0 Å². The lowest BCUT2D eigenvalue weighted by Gasteiger charge is -2.41. The van der Waals surface area contributed by atoms with Crippen molar-refractivity contribution in [2.45, 2.75) is 63.8 Å². The first-order valence-corrected chi connectivity index (χ1v) is 9.81. The summed E-state index contributed by atoms with van der Waals surface area (Å²) < 4.78 is 27.4. The zero-order valence-corrected chi connectivity index (χ0v) is 15.8. The summed E-state index contributed by atoms with van der Waals surface area (Å²) in [6.45, 7) is 11.5. The predicted octanol–water partition coefficient (Wildman–Crippen LogP) is 3.12. The summed E-state index contributed by atoms with van der Waals surface area (Å²) in [7, 11) is -3.45. The zero-order valence-electron chi connectivity index (χ0n) is 15.0. The van der Waals surface area contributed by atoms with Gasteiger partial charge in [-0.3, -0.25) is 0 Å². The molecule has 0 aromatic heterocycles. The number of piperidine rings is 1. The molecule has 0 saturated carbocycles. The van der Waals surface area contributed by atoms with Gasteiger partial charge in [-0.05, 0) is 41.4 Å². The van der Waals surface area contributed by atoms with E-state index in [0.717, 1.165) is 6.42 Å². The van der Waals surface area contributed by atoms with Crippen LogP contribution in [0.25, 0.3) is 0 Å². The van der Waals surface area contributed by atoms with E-state index < -0.39 is 10.0 Å². The van der Waals surface area contributed by atoms with E-state index >= 15 is 0 Å². The van der Waals surface area contributed by atoms with Crippen molar-refractivity contribution in [1.82, 2.24) is 4.31 Å². The highest BCUT2D eigenvalue weighted by atomic mass is 32.2. The first-order chi connectivity index (χ1) is 10.5. The van der Waals surface area contributed by atoms with Crippen molar-refractivity contribution in [3.63, 3.8) is 0 Å². The number of rotatable bonds is 4. The second kappa shape index (κ2) is 6.19. The molecule has 1 fully saturated rings. The summed E-state index contributed by atoms with van der Waals surface area (Å²) in [5.74, 6) is 0. The summed E-state index contributed by atoms with van der Waals surface area (Å²) in [6, 6.07) is 7.41. The first kappa shape index (κ1) is 18.4. The molecule has 1 aliphatic rings. The third-order valence-corrected chi connectivity index (χ3v) is 7.29. The van der Waals surface area contributed by atoms with Crippen LogP contribution in [-0.2, 0) is 15.4 Å². The Morgan fingerprint density at radius 1 is 1.26 bits per heavy atom. The van der Waals surface area contributed by atoms with Crippen molar-refractivity contribution in [1.29, 1.82) is 0 Å². The molecule has 1 unspecified atom stereocenters. The largest absolute Gasteiger partial charge is 0.327 e. The molecule has 2 N–H and O–H groups in total. The van der Waals surface area contributed by atoms with E-state index in [1.807, 2.05) is 26.0 Å². The lowest BCUT2D eigenvalue weighted by molar-refractivity contribution is 0.155. The van der Waals surface area contributed by atoms with E-state index in [9.17, 15) is 8.42 Å². The van der Waals surface area contributed by atoms with Gasteiger partial charge < -0.3 is 5.73 Å². The fraction of sp³-hybridized carbons (Fsp3) is 0.667. The van der Waals surface area contributed by atoms with Crippen LogP contribution in [0.15, 0.2) is 29.2 Å². The highest BCUT2D eigenvalue weighted by molar-refractivity contribution is 7.89. The molecule has 0 aliphatic carbocycles. The highest BCUT2D eigenvalue weighted by Gasteiger charge is 2.38. The molecular weight excluding hydrogens is 308 g/mol. The minimum Gasteiger partial charge on any atom is -0.327 e. The van der Waals surface area contributed by atoms with Crippen LogP contribution in [-0.4, -0.2) is 31.9 Å². The van der Waals surface area contributed by atoms with Crippen LogP contribution in [0.3, 0.4) is 0 Å². The molecule has 1 aromatic rings. The maximum absolute atomic E-state index is 12.9. The quantitative estimate of drug-likeness (QED) is 0.917. The summed E-state index contributed by atoms with van der Waals surface area (Å²) in [5.41, 5.74) is 7.14. The topological polar surface area (TPSA) is 63.4 Å². The standard InChI is InChI=1S/C18H30N2O2S/c1-6-17(2,3)14-7-9-15(10-8-14)23(21,22)20-12-11-16(19)18(4,5)13-20/h7-10,16H,6,11-13,19H2,1-5H3. The molecule has 5 heteroatoms. The average molecular weight is 339 g/mol. The van der Waals surface area contributed by atoms with Gasteiger partial charge in [0.25, 0.3) is 0 Å². The smallest absolute Gasteiger partial charge is 0.243 e. The molecule has 1 aromatic carbocycles. The normalized spacial score (nSPS) is 23.0. The van der Waals surface area contributed by atoms with Gasteiger partial charge in [0.2, 0.25) is 10.0 Å². The van der Waals surface area contributed by atoms with Crippen molar-refractivity contribution < 1.29 is 8.42 Å². The molecule has 0 spiro atoms. The Balaban J connectivity index is 2.27. The molecule has 0 amide bonds. The lowest BCUT2D eigenvalue weighted by Crippen LogP contribution is -2.53. The Labute approximate surface area is 141 Å². The summed E-state index contributed by atoms with van der Waals surface area (Å²) in [5, 5.41) is 0. The van der Waals surface area contributed by atoms with E-state index in [2.05, 4.69) is 20.8 Å². The van der Waals surface area contributed by atoms with Crippen molar-refractivity contribution in [3.8, 4) is 0 Å². The van der Waals surface area contributed by atoms with Crippen molar-refractivity contribution in [2.75, 3.05) is 13.1 Å². The van der Waals surface area contributed by atoms with Crippen LogP contribution in [0, 0.1) is 5.41 Å². The third-order valence-electron chi connectivity index (χ3n) is 5.43. The van der Waals surface area contributed by atoms with E-state index in [-0.39, 0.29) is 16.9 Å². The zero-order chi connectivity index (χ0) is 17.5. The Bertz CT molecular complexity index is 648. The number of nitrogens with two attached hydrogens (primary N) is 1. The van der Waals surface area contributed by atoms with Crippen molar-refractivity contribution in [2.24, 2.45) is 11.1 Å². The Hall–Kier alpha value is -0.910. The number of sulfonamides is 1. The van der Waals surface area contributed by atoms with Gasteiger partial charge in [0.1, 0.15) is 0 Å². The van der Waals surface area contributed by atoms with E-state index in [1.54, 1.807) is 16.4 Å². The Morgan fingerprint density at radius 2 is 1.83 bits per heavy atom. The van der Waals surface area contributed by atoms with Gasteiger partial charge in [-0.15, -0.1) is 0 Å². The van der Waals surface area contributed by atoms with Crippen LogP contribution < -0.4 is 5.73 Å². The second-order valence-corrected chi connectivity index (χ2v) is 9.92. The Kier molecular flexibility index (Phi) is 4.96. The summed E-state index contributed by atoms with van der Waals surface area (Å²) in [6.07, 6.45) is 1.71. The lowest BCUT2D eigenvalue weighted by atomic mass is 9.81. The predicted molar refractivity (Wildman–Crippen MR) is 94.9 cm³/mol. The molecule has 23 heavy (non-hydrogen) atoms. The number of hydrogen-bond donors (Lipinski definition) is 1. The van der Waals surface area contributed by atoms with Gasteiger partial charge in [0.15, 0.2) is 0 Å². The van der Waals surface area contributed by atoms with Gasteiger partial charge in [-0.1, -0.05) is 46.8 Å². The van der Waals surface area contributed by atoms with Crippen molar-refractivity contribution >= 4 is 10.0 Å². The van der Waals surface area contributed by atoms with Crippen LogP contribution in [0.2, 0.25) is 0 Å². The van der Waals surface area contributed by atoms with Gasteiger partial charge >= 0.3 is 0 Å². The van der Waals surface area contributed by atoms with Gasteiger partial charge in [0, 0.05) is 19.1 Å². The van der Waals surface area contributed by atoms with Gasteiger partial charge in [-0.25, -0.2) is 8.42 Å². The second-order valence-electron chi connectivity index (χ2n) is 7.98. The molecule has 4 nitrogen and oxygen atoms in total. The monoisotopic (exact) mass is 338 g/mol. The van der Waals surface area contributed by atoms with Gasteiger partial charge in [-0.2, -0.15) is 4.31 Å². The highest BCUT2D eigenvalue weighted by Crippen LogP contribution is 2.32. The molecule has 1 atom stereocenters. The molecule has 2 rings (SSSR count). The SMILES string of the molecule is CCC(C)(C)c1ccc(S(=O)(=O)N2CCC(N)C(C)(C)C2)cc1. The molecule has 0 bridgehead atoms. The van der Waals surface area contributed by atoms with E-state index in [0.29, 0.717) is 24.4 Å². The maximum atomic E-state index is 12.9. The van der Waals surface area contributed by atoms with Crippen LogP contribution in [0.1, 0.15) is 53.0 Å². The first-order valence-electron chi connectivity index (χ1n) is 8.37. The third kappa shape index (κ3) is 3.62. The molecule has 1 aliphatic heterocycles. The number of nitrogens with zero attached hydrogens (tertiary/aromatic N) is 1. The molecule has 1 saturated heterocycles. The molecular formula is C18H30N2O2S. The average Bonchev–Trinajstić information content (AvgIpc) is 2.50. The fourth-order valence-electron chi connectivity index (χ4n) is 2.96. The van der Waals surface area contributed by atoms with Crippen LogP contribution in [0.4, 0.5) is 0 Å². The molecule has 1 heterocycles. The summed E-state index contributed by atoms with van der Waals surface area (Å²) >= 11 is 0. The van der Waals surface area contributed by atoms with Crippen molar-refractivity contribution in [3.05, 3.63) is 29.8 Å².